The molecule has 0 spiro atoms. The lowest BCUT2D eigenvalue weighted by atomic mass is 9.99. The summed E-state index contributed by atoms with van der Waals surface area (Å²) in [5.41, 5.74) is 2.62. The average Bonchev–Trinajstić information content (AvgIpc) is 2.81. The number of nitrogens with one attached hydrogen (secondary N) is 1. The Morgan fingerprint density at radius 2 is 2.07 bits per heavy atom. The van der Waals surface area contributed by atoms with Crippen molar-refractivity contribution in [3.8, 4) is 0 Å². The number of H-pyrrole nitrogens is 1. The fraction of sp³-hybridized carbons (Fsp3) is 0.154. The van der Waals surface area contributed by atoms with E-state index in [-0.39, 0.29) is 5.78 Å². The van der Waals surface area contributed by atoms with E-state index in [1.807, 2.05) is 24.3 Å². The predicted molar refractivity (Wildman–Crippen MR) is 60.0 cm³/mol. The van der Waals surface area contributed by atoms with Crippen molar-refractivity contribution in [2.75, 3.05) is 0 Å². The molecule has 0 saturated carbocycles. The Balaban J connectivity index is 2.42. The van der Waals surface area contributed by atoms with Crippen LogP contribution in [0.15, 0.2) is 42.7 Å². The summed E-state index contributed by atoms with van der Waals surface area (Å²) < 4.78 is 0. The van der Waals surface area contributed by atoms with Crippen LogP contribution in [-0.2, 0) is 6.42 Å². The fourth-order valence-corrected chi connectivity index (χ4v) is 1.67. The van der Waals surface area contributed by atoms with Crippen LogP contribution in [0.1, 0.15) is 28.4 Å². The lowest BCUT2D eigenvalue weighted by Gasteiger charge is -2.04. The zero-order chi connectivity index (χ0) is 10.7. The molecule has 2 rings (SSSR count). The molecule has 0 fully saturated rings. The molecule has 2 aromatic rings. The molecular weight excluding hydrogens is 186 g/mol. The highest BCUT2D eigenvalue weighted by atomic mass is 16.1. The largest absolute Gasteiger partial charge is 0.367 e. The summed E-state index contributed by atoms with van der Waals surface area (Å²) in [6.07, 6.45) is 4.38. The molecule has 0 bridgehead atoms. The molecule has 0 aliphatic rings. The van der Waals surface area contributed by atoms with Gasteiger partial charge in [0.05, 0.1) is 0 Å². The minimum Gasteiger partial charge on any atom is -0.367 e. The molecule has 76 valence electrons. The highest BCUT2D eigenvalue weighted by molar-refractivity contribution is 6.09. The normalized spacial score (nSPS) is 10.2. The third-order valence-electron chi connectivity index (χ3n) is 2.50. The van der Waals surface area contributed by atoms with Crippen LogP contribution < -0.4 is 0 Å². The molecular formula is C13H13NO. The summed E-state index contributed by atoms with van der Waals surface area (Å²) in [5, 5.41) is 0. The summed E-state index contributed by atoms with van der Waals surface area (Å²) in [5.74, 6) is 0.0914. The van der Waals surface area contributed by atoms with Crippen molar-refractivity contribution in [2.24, 2.45) is 0 Å². The van der Waals surface area contributed by atoms with Gasteiger partial charge in [-0.2, -0.15) is 0 Å². The van der Waals surface area contributed by atoms with Gasteiger partial charge in [0.15, 0.2) is 5.78 Å². The Labute approximate surface area is 89.0 Å². The molecule has 0 atom stereocenters. The summed E-state index contributed by atoms with van der Waals surface area (Å²) >= 11 is 0. The molecule has 0 aliphatic heterocycles. The molecule has 1 N–H and O–H groups in total. The van der Waals surface area contributed by atoms with Crippen LogP contribution >= 0.6 is 0 Å². The van der Waals surface area contributed by atoms with Gasteiger partial charge in [-0.3, -0.25) is 4.79 Å². The second kappa shape index (κ2) is 4.13. The third kappa shape index (κ3) is 1.84. The van der Waals surface area contributed by atoms with Crippen molar-refractivity contribution in [1.29, 1.82) is 0 Å². The van der Waals surface area contributed by atoms with E-state index in [4.69, 9.17) is 0 Å². The molecule has 1 heterocycles. The molecule has 1 aromatic carbocycles. The van der Waals surface area contributed by atoms with Crippen LogP contribution in [0.3, 0.4) is 0 Å². The van der Waals surface area contributed by atoms with Gasteiger partial charge in [-0.05, 0) is 18.1 Å². The van der Waals surface area contributed by atoms with E-state index in [1.165, 1.54) is 0 Å². The minimum atomic E-state index is 0.0914. The predicted octanol–water partition coefficient (Wildman–Crippen LogP) is 2.81. The van der Waals surface area contributed by atoms with Crippen LogP contribution in [0.25, 0.3) is 0 Å². The maximum atomic E-state index is 12.1. The molecule has 2 nitrogen and oxygen atoms in total. The monoisotopic (exact) mass is 199 g/mol. The minimum absolute atomic E-state index is 0.0914. The molecule has 0 radical (unpaired) electrons. The summed E-state index contributed by atoms with van der Waals surface area (Å²) in [6, 6.07) is 9.55. The van der Waals surface area contributed by atoms with E-state index in [0.29, 0.717) is 0 Å². The fourth-order valence-electron chi connectivity index (χ4n) is 1.67. The zero-order valence-corrected chi connectivity index (χ0v) is 8.66. The summed E-state index contributed by atoms with van der Waals surface area (Å²) in [6.45, 7) is 2.06. The lowest BCUT2D eigenvalue weighted by Crippen LogP contribution is -2.03. The highest BCUT2D eigenvalue weighted by Gasteiger charge is 2.11. The number of hydrogen-bond acceptors (Lipinski definition) is 1. The Bertz CT molecular complexity index is 457. The topological polar surface area (TPSA) is 32.9 Å². The maximum absolute atomic E-state index is 12.1. The van der Waals surface area contributed by atoms with Gasteiger partial charge in [0.25, 0.3) is 0 Å². The van der Waals surface area contributed by atoms with Crippen molar-refractivity contribution in [1.82, 2.24) is 4.98 Å². The van der Waals surface area contributed by atoms with Gasteiger partial charge in [0.2, 0.25) is 0 Å². The number of ketones is 1. The van der Waals surface area contributed by atoms with Gasteiger partial charge in [0.1, 0.15) is 0 Å². The summed E-state index contributed by atoms with van der Waals surface area (Å²) in [7, 11) is 0. The Morgan fingerprint density at radius 3 is 2.73 bits per heavy atom. The number of rotatable bonds is 3. The van der Waals surface area contributed by atoms with Gasteiger partial charge in [-0.15, -0.1) is 0 Å². The van der Waals surface area contributed by atoms with Crippen LogP contribution in [0.2, 0.25) is 0 Å². The van der Waals surface area contributed by atoms with E-state index in [1.54, 1.807) is 18.5 Å². The maximum Gasteiger partial charge on any atom is 0.194 e. The molecule has 0 amide bonds. The van der Waals surface area contributed by atoms with Crippen molar-refractivity contribution >= 4 is 5.78 Å². The van der Waals surface area contributed by atoms with Gasteiger partial charge in [0, 0.05) is 23.5 Å². The van der Waals surface area contributed by atoms with Crippen molar-refractivity contribution in [2.45, 2.75) is 13.3 Å². The Kier molecular flexibility index (Phi) is 2.68. The van der Waals surface area contributed by atoms with E-state index < -0.39 is 0 Å². The number of hydrogen-bond donors (Lipinski definition) is 1. The first-order valence-electron chi connectivity index (χ1n) is 5.08. The number of aryl methyl sites for hydroxylation is 1. The van der Waals surface area contributed by atoms with E-state index in [2.05, 4.69) is 11.9 Å². The molecule has 0 saturated heterocycles. The molecule has 0 unspecified atom stereocenters. The SMILES string of the molecule is CCc1ccccc1C(=O)c1cc[nH]c1. The lowest BCUT2D eigenvalue weighted by molar-refractivity contribution is 0.103. The molecule has 1 aromatic heterocycles. The molecule has 15 heavy (non-hydrogen) atoms. The van der Waals surface area contributed by atoms with E-state index in [9.17, 15) is 4.79 Å². The van der Waals surface area contributed by atoms with Gasteiger partial charge < -0.3 is 4.98 Å². The first-order chi connectivity index (χ1) is 7.33. The number of benzene rings is 1. The van der Waals surface area contributed by atoms with Crippen LogP contribution in [0.4, 0.5) is 0 Å². The Hall–Kier alpha value is -1.83. The van der Waals surface area contributed by atoms with Crippen LogP contribution in [-0.4, -0.2) is 10.8 Å². The Morgan fingerprint density at radius 1 is 1.27 bits per heavy atom. The standard InChI is InChI=1S/C13H13NO/c1-2-10-5-3-4-6-12(10)13(15)11-7-8-14-9-11/h3-9,14H,2H2,1H3. The highest BCUT2D eigenvalue weighted by Crippen LogP contribution is 2.14. The van der Waals surface area contributed by atoms with Crippen LogP contribution in [0.5, 0.6) is 0 Å². The van der Waals surface area contributed by atoms with Gasteiger partial charge in [-0.1, -0.05) is 31.2 Å². The number of aromatic amines is 1. The quantitative estimate of drug-likeness (QED) is 0.757. The first kappa shape index (κ1) is 9.71. The second-order valence-corrected chi connectivity index (χ2v) is 3.44. The second-order valence-electron chi connectivity index (χ2n) is 3.44. The summed E-state index contributed by atoms with van der Waals surface area (Å²) in [4.78, 5) is 15.0. The van der Waals surface area contributed by atoms with Gasteiger partial charge >= 0.3 is 0 Å². The zero-order valence-electron chi connectivity index (χ0n) is 8.66. The smallest absolute Gasteiger partial charge is 0.194 e. The number of carbonyl (C=O) groups excluding carboxylic acids is 1. The molecule has 2 heteroatoms. The van der Waals surface area contributed by atoms with Crippen molar-refractivity contribution in [3.63, 3.8) is 0 Å². The van der Waals surface area contributed by atoms with Crippen LogP contribution in [0, 0.1) is 0 Å². The average molecular weight is 199 g/mol. The van der Waals surface area contributed by atoms with E-state index >= 15 is 0 Å². The third-order valence-corrected chi connectivity index (χ3v) is 2.50. The number of carbonyl (C=O) groups is 1. The molecule has 0 aliphatic carbocycles. The number of aromatic nitrogens is 1. The first-order valence-corrected chi connectivity index (χ1v) is 5.08. The van der Waals surface area contributed by atoms with Crippen molar-refractivity contribution < 1.29 is 4.79 Å². The van der Waals surface area contributed by atoms with Gasteiger partial charge in [-0.25, -0.2) is 0 Å². The van der Waals surface area contributed by atoms with E-state index in [0.717, 1.165) is 23.1 Å². The van der Waals surface area contributed by atoms with Crippen molar-refractivity contribution in [3.05, 3.63) is 59.4 Å².